The highest BCUT2D eigenvalue weighted by Gasteiger charge is 2.07. The van der Waals surface area contributed by atoms with E-state index in [1.807, 2.05) is 41.5 Å². The van der Waals surface area contributed by atoms with Crippen molar-refractivity contribution in [3.05, 3.63) is 43.9 Å². The Hall–Kier alpha value is -0.820. The summed E-state index contributed by atoms with van der Waals surface area (Å²) >= 11 is 3.79. The van der Waals surface area contributed by atoms with Crippen molar-refractivity contribution in [2.24, 2.45) is 7.05 Å². The van der Waals surface area contributed by atoms with Crippen LogP contribution in [0, 0.1) is 2.88 Å². The number of aromatic nitrogens is 1. The lowest BCUT2D eigenvalue weighted by Gasteiger charge is -2.01. The van der Waals surface area contributed by atoms with Crippen LogP contribution >= 0.6 is 33.9 Å². The van der Waals surface area contributed by atoms with Gasteiger partial charge in [0.2, 0.25) is 0 Å². The largest absolute Gasteiger partial charge is 0.357 e. The molecule has 0 fully saturated rings. The number of thiophene rings is 1. The van der Waals surface area contributed by atoms with E-state index in [1.165, 1.54) is 0 Å². The van der Waals surface area contributed by atoms with Gasteiger partial charge in [0.25, 0.3) is 5.91 Å². The van der Waals surface area contributed by atoms with Gasteiger partial charge >= 0.3 is 0 Å². The minimum absolute atomic E-state index is 0.0111. The Kier molecular flexibility index (Phi) is 3.65. The van der Waals surface area contributed by atoms with E-state index >= 15 is 0 Å². The Labute approximate surface area is 112 Å². The van der Waals surface area contributed by atoms with Gasteiger partial charge in [0.1, 0.15) is 0 Å². The lowest BCUT2D eigenvalue weighted by atomic mass is 10.3. The maximum absolute atomic E-state index is 11.7. The second kappa shape index (κ2) is 5.01. The molecule has 2 heterocycles. The SMILES string of the molecule is Cn1ccc(CNC(=O)c2csc(I)c2)c1. The molecule has 0 saturated heterocycles. The molecule has 0 aliphatic heterocycles. The highest BCUT2D eigenvalue weighted by atomic mass is 127. The molecule has 3 nitrogen and oxygen atoms in total. The van der Waals surface area contributed by atoms with E-state index < -0.39 is 0 Å². The molecule has 0 aromatic carbocycles. The van der Waals surface area contributed by atoms with Crippen LogP contribution in [-0.4, -0.2) is 10.5 Å². The van der Waals surface area contributed by atoms with Crippen LogP contribution in [0.1, 0.15) is 15.9 Å². The van der Waals surface area contributed by atoms with Gasteiger partial charge in [-0.15, -0.1) is 11.3 Å². The molecule has 0 aliphatic rings. The Balaban J connectivity index is 1.93. The van der Waals surface area contributed by atoms with E-state index in [0.29, 0.717) is 6.54 Å². The molecule has 1 amide bonds. The number of halogens is 1. The van der Waals surface area contributed by atoms with Gasteiger partial charge in [-0.3, -0.25) is 4.79 Å². The Morgan fingerprint density at radius 1 is 1.62 bits per heavy atom. The minimum Gasteiger partial charge on any atom is -0.357 e. The van der Waals surface area contributed by atoms with Gasteiger partial charge in [0.05, 0.1) is 8.45 Å². The van der Waals surface area contributed by atoms with E-state index in [9.17, 15) is 4.79 Å². The summed E-state index contributed by atoms with van der Waals surface area (Å²) in [6.45, 7) is 0.575. The first-order valence-corrected chi connectivity index (χ1v) is 6.74. The zero-order chi connectivity index (χ0) is 11.5. The standard InChI is InChI=1S/C11H11IN2OS/c1-14-3-2-8(6-14)5-13-11(15)9-4-10(12)16-7-9/h2-4,6-7H,5H2,1H3,(H,13,15). The lowest BCUT2D eigenvalue weighted by Crippen LogP contribution is -2.21. The summed E-state index contributed by atoms with van der Waals surface area (Å²) < 4.78 is 3.09. The summed E-state index contributed by atoms with van der Waals surface area (Å²) in [5, 5.41) is 4.77. The van der Waals surface area contributed by atoms with Crippen LogP contribution in [0.25, 0.3) is 0 Å². The van der Waals surface area contributed by atoms with Crippen LogP contribution in [0.5, 0.6) is 0 Å². The molecule has 1 N–H and O–H groups in total. The van der Waals surface area contributed by atoms with Crippen molar-refractivity contribution in [1.82, 2.24) is 9.88 Å². The molecule has 84 valence electrons. The first-order chi connectivity index (χ1) is 7.65. The molecule has 2 aromatic heterocycles. The Morgan fingerprint density at radius 2 is 2.44 bits per heavy atom. The summed E-state index contributed by atoms with van der Waals surface area (Å²) in [4.78, 5) is 11.7. The van der Waals surface area contributed by atoms with Gasteiger partial charge in [-0.05, 0) is 40.3 Å². The quantitative estimate of drug-likeness (QED) is 0.852. The lowest BCUT2D eigenvalue weighted by molar-refractivity contribution is 0.0951. The predicted molar refractivity (Wildman–Crippen MR) is 73.6 cm³/mol. The summed E-state index contributed by atoms with van der Waals surface area (Å²) in [5.74, 6) is -0.0111. The highest BCUT2D eigenvalue weighted by Crippen LogP contribution is 2.16. The molecule has 2 aromatic rings. The molecular weight excluding hydrogens is 335 g/mol. The number of hydrogen-bond donors (Lipinski definition) is 1. The number of nitrogens with zero attached hydrogens (tertiary/aromatic N) is 1. The van der Waals surface area contributed by atoms with Gasteiger partial charge in [-0.1, -0.05) is 0 Å². The van der Waals surface area contributed by atoms with Gasteiger partial charge < -0.3 is 9.88 Å². The van der Waals surface area contributed by atoms with E-state index in [-0.39, 0.29) is 5.91 Å². The monoisotopic (exact) mass is 346 g/mol. The van der Waals surface area contributed by atoms with Crippen molar-refractivity contribution in [2.45, 2.75) is 6.54 Å². The predicted octanol–water partition coefficient (Wildman–Crippen LogP) is 2.62. The van der Waals surface area contributed by atoms with Crippen LogP contribution in [0.4, 0.5) is 0 Å². The Bertz CT molecular complexity index is 504. The molecule has 2 rings (SSSR count). The summed E-state index contributed by atoms with van der Waals surface area (Å²) in [6, 6.07) is 3.89. The maximum atomic E-state index is 11.7. The molecule has 0 radical (unpaired) electrons. The average Bonchev–Trinajstić information content (AvgIpc) is 2.84. The molecule has 0 bridgehead atoms. The van der Waals surface area contributed by atoms with Gasteiger partial charge in [0, 0.05) is 31.4 Å². The minimum atomic E-state index is -0.0111. The number of carbonyl (C=O) groups is 1. The third-order valence-electron chi connectivity index (χ3n) is 2.18. The molecule has 0 spiro atoms. The normalized spacial score (nSPS) is 10.4. The molecule has 0 unspecified atom stereocenters. The summed E-state index contributed by atoms with van der Waals surface area (Å²) in [5.41, 5.74) is 1.85. The van der Waals surface area contributed by atoms with Crippen LogP contribution in [0.3, 0.4) is 0 Å². The van der Waals surface area contributed by atoms with E-state index in [0.717, 1.165) is 14.0 Å². The van der Waals surface area contributed by atoms with Crippen molar-refractivity contribution in [1.29, 1.82) is 0 Å². The molecule has 5 heteroatoms. The second-order valence-electron chi connectivity index (χ2n) is 3.51. The number of carbonyl (C=O) groups excluding carboxylic acids is 1. The fourth-order valence-electron chi connectivity index (χ4n) is 1.38. The number of aryl methyl sites for hydroxylation is 1. The zero-order valence-electron chi connectivity index (χ0n) is 8.74. The van der Waals surface area contributed by atoms with Gasteiger partial charge in [0.15, 0.2) is 0 Å². The van der Waals surface area contributed by atoms with Gasteiger partial charge in [-0.25, -0.2) is 0 Å². The fraction of sp³-hybridized carbons (Fsp3) is 0.182. The van der Waals surface area contributed by atoms with Crippen molar-refractivity contribution < 1.29 is 4.79 Å². The first-order valence-electron chi connectivity index (χ1n) is 4.78. The zero-order valence-corrected chi connectivity index (χ0v) is 11.7. The van der Waals surface area contributed by atoms with Crippen LogP contribution in [0.2, 0.25) is 0 Å². The Morgan fingerprint density at radius 3 is 3.00 bits per heavy atom. The van der Waals surface area contributed by atoms with Crippen LogP contribution in [-0.2, 0) is 13.6 Å². The van der Waals surface area contributed by atoms with Crippen molar-refractivity contribution >= 4 is 39.8 Å². The first kappa shape index (κ1) is 11.7. The van der Waals surface area contributed by atoms with Crippen molar-refractivity contribution in [2.75, 3.05) is 0 Å². The molecule has 16 heavy (non-hydrogen) atoms. The number of nitrogens with one attached hydrogen (secondary N) is 1. The fourth-order valence-corrected chi connectivity index (χ4v) is 2.71. The van der Waals surface area contributed by atoms with Gasteiger partial charge in [-0.2, -0.15) is 0 Å². The number of amides is 1. The smallest absolute Gasteiger partial charge is 0.252 e. The highest BCUT2D eigenvalue weighted by molar-refractivity contribution is 14.1. The average molecular weight is 346 g/mol. The number of hydrogen-bond acceptors (Lipinski definition) is 2. The maximum Gasteiger partial charge on any atom is 0.252 e. The van der Waals surface area contributed by atoms with E-state index in [2.05, 4.69) is 27.9 Å². The van der Waals surface area contributed by atoms with E-state index in [1.54, 1.807) is 11.3 Å². The number of rotatable bonds is 3. The molecular formula is C11H11IN2OS. The molecule has 0 aliphatic carbocycles. The topological polar surface area (TPSA) is 34.0 Å². The summed E-state index contributed by atoms with van der Waals surface area (Å²) in [7, 11) is 1.96. The third-order valence-corrected chi connectivity index (χ3v) is 3.96. The van der Waals surface area contributed by atoms with Crippen LogP contribution < -0.4 is 5.32 Å². The molecule has 0 saturated carbocycles. The molecule has 0 atom stereocenters. The van der Waals surface area contributed by atoms with Crippen LogP contribution in [0.15, 0.2) is 29.9 Å². The third kappa shape index (κ3) is 2.85. The van der Waals surface area contributed by atoms with Crippen molar-refractivity contribution in [3.8, 4) is 0 Å². The summed E-state index contributed by atoms with van der Waals surface area (Å²) in [6.07, 6.45) is 3.96. The van der Waals surface area contributed by atoms with E-state index in [4.69, 9.17) is 0 Å². The second-order valence-corrected chi connectivity index (χ2v) is 6.31. The van der Waals surface area contributed by atoms with Crippen molar-refractivity contribution in [3.63, 3.8) is 0 Å².